The Bertz CT molecular complexity index is 1320. The molecule has 2 N–H and O–H groups in total. The number of anilines is 2. The lowest BCUT2D eigenvalue weighted by atomic mass is 10.1. The van der Waals surface area contributed by atoms with Gasteiger partial charge in [-0.1, -0.05) is 18.2 Å². The molecule has 0 saturated heterocycles. The average molecular weight is 404 g/mol. The van der Waals surface area contributed by atoms with E-state index in [0.29, 0.717) is 16.9 Å². The molecule has 1 amide bonds. The Hall–Kier alpha value is -3.58. The summed E-state index contributed by atoms with van der Waals surface area (Å²) in [6.45, 7) is 0. The van der Waals surface area contributed by atoms with Crippen molar-refractivity contribution in [3.8, 4) is 11.3 Å². The second-order valence-electron chi connectivity index (χ2n) is 6.88. The third-order valence-electron chi connectivity index (χ3n) is 4.86. The maximum absolute atomic E-state index is 12.7. The van der Waals surface area contributed by atoms with Gasteiger partial charge in [-0.15, -0.1) is 0 Å². The Morgan fingerprint density at radius 2 is 1.72 bits per heavy atom. The number of benzene rings is 3. The largest absolute Gasteiger partial charge is 0.456 e. The minimum absolute atomic E-state index is 0.120. The summed E-state index contributed by atoms with van der Waals surface area (Å²) in [5, 5.41) is 3.70. The third kappa shape index (κ3) is 3.25. The van der Waals surface area contributed by atoms with Crippen molar-refractivity contribution in [3.63, 3.8) is 0 Å². The summed E-state index contributed by atoms with van der Waals surface area (Å²) in [4.78, 5) is 11.6. The molecule has 144 valence electrons. The van der Waals surface area contributed by atoms with Gasteiger partial charge < -0.3 is 9.73 Å². The zero-order valence-corrected chi connectivity index (χ0v) is 16.0. The van der Waals surface area contributed by atoms with E-state index in [2.05, 4.69) is 10.0 Å². The monoisotopic (exact) mass is 404 g/mol. The number of sulfonamides is 1. The van der Waals surface area contributed by atoms with Gasteiger partial charge in [0.1, 0.15) is 11.3 Å². The van der Waals surface area contributed by atoms with Gasteiger partial charge in [0.05, 0.1) is 11.3 Å². The van der Waals surface area contributed by atoms with Gasteiger partial charge in [0.25, 0.3) is 10.0 Å². The number of nitrogens with one attached hydrogen (secondary N) is 2. The van der Waals surface area contributed by atoms with Crippen LogP contribution in [0, 0.1) is 0 Å². The maximum Gasteiger partial charge on any atom is 0.261 e. The summed E-state index contributed by atoms with van der Waals surface area (Å²) in [7, 11) is -3.76. The molecule has 5 rings (SSSR count). The van der Waals surface area contributed by atoms with Crippen molar-refractivity contribution in [1.29, 1.82) is 0 Å². The topological polar surface area (TPSA) is 88.4 Å². The van der Waals surface area contributed by atoms with E-state index in [9.17, 15) is 13.2 Å². The van der Waals surface area contributed by atoms with Gasteiger partial charge in [-0.05, 0) is 60.2 Å². The van der Waals surface area contributed by atoms with Crippen molar-refractivity contribution < 1.29 is 17.6 Å². The highest BCUT2D eigenvalue weighted by atomic mass is 32.2. The molecule has 6 nitrogen and oxygen atoms in total. The van der Waals surface area contributed by atoms with E-state index in [-0.39, 0.29) is 17.2 Å². The van der Waals surface area contributed by atoms with E-state index in [1.165, 1.54) is 12.1 Å². The minimum atomic E-state index is -3.76. The van der Waals surface area contributed by atoms with E-state index in [1.54, 1.807) is 30.3 Å². The smallest absolute Gasteiger partial charge is 0.261 e. The highest BCUT2D eigenvalue weighted by molar-refractivity contribution is 7.92. The molecule has 1 aliphatic rings. The second kappa shape index (κ2) is 6.49. The third-order valence-corrected chi connectivity index (χ3v) is 6.24. The van der Waals surface area contributed by atoms with Gasteiger partial charge in [0.2, 0.25) is 5.91 Å². The van der Waals surface area contributed by atoms with Crippen LogP contribution in [0.1, 0.15) is 5.56 Å². The molecular formula is C22H16N2O4S. The fourth-order valence-corrected chi connectivity index (χ4v) is 4.52. The number of fused-ring (bicyclic) bond motifs is 2. The molecule has 0 atom stereocenters. The van der Waals surface area contributed by atoms with Gasteiger partial charge >= 0.3 is 0 Å². The second-order valence-corrected chi connectivity index (χ2v) is 8.56. The summed E-state index contributed by atoms with van der Waals surface area (Å²) in [5.74, 6) is 0.583. The minimum Gasteiger partial charge on any atom is -0.456 e. The molecule has 7 heteroatoms. The SMILES string of the molecule is O=C1Cc2cc(S(=O)(=O)Nc3ccc(-c4cc5ccccc5o4)cc3)ccc2N1. The van der Waals surface area contributed by atoms with Crippen LogP contribution >= 0.6 is 0 Å². The van der Waals surface area contributed by atoms with E-state index in [0.717, 1.165) is 22.3 Å². The van der Waals surface area contributed by atoms with Crippen LogP contribution in [0.2, 0.25) is 0 Å². The van der Waals surface area contributed by atoms with Crippen LogP contribution in [0.3, 0.4) is 0 Å². The molecule has 4 aromatic rings. The van der Waals surface area contributed by atoms with Crippen LogP contribution in [0.4, 0.5) is 11.4 Å². The Morgan fingerprint density at radius 3 is 2.52 bits per heavy atom. The van der Waals surface area contributed by atoms with Crippen molar-refractivity contribution in [3.05, 3.63) is 78.4 Å². The van der Waals surface area contributed by atoms with Gasteiger partial charge in [-0.25, -0.2) is 8.42 Å². The zero-order valence-electron chi connectivity index (χ0n) is 15.2. The number of hydrogen-bond acceptors (Lipinski definition) is 4. The van der Waals surface area contributed by atoms with Crippen LogP contribution in [0.25, 0.3) is 22.3 Å². The molecule has 1 aromatic heterocycles. The van der Waals surface area contributed by atoms with Crippen LogP contribution in [-0.4, -0.2) is 14.3 Å². The maximum atomic E-state index is 12.7. The fraction of sp³-hybridized carbons (Fsp3) is 0.0455. The Balaban J connectivity index is 1.39. The van der Waals surface area contributed by atoms with Crippen molar-refractivity contribution in [2.45, 2.75) is 11.3 Å². The molecule has 0 aliphatic carbocycles. The summed E-state index contributed by atoms with van der Waals surface area (Å²) in [5.41, 5.74) is 3.44. The molecule has 0 saturated carbocycles. The lowest BCUT2D eigenvalue weighted by Gasteiger charge is -2.09. The number of para-hydroxylation sites is 1. The number of furan rings is 1. The van der Waals surface area contributed by atoms with Gasteiger partial charge in [-0.2, -0.15) is 0 Å². The highest BCUT2D eigenvalue weighted by Crippen LogP contribution is 2.30. The lowest BCUT2D eigenvalue weighted by Crippen LogP contribution is -2.13. The van der Waals surface area contributed by atoms with Crippen molar-refractivity contribution in [1.82, 2.24) is 0 Å². The Kier molecular flexibility index (Phi) is 3.92. The van der Waals surface area contributed by atoms with Crippen LogP contribution in [0.5, 0.6) is 0 Å². The first-order valence-corrected chi connectivity index (χ1v) is 10.5. The van der Waals surface area contributed by atoms with Crippen molar-refractivity contribution in [2.24, 2.45) is 0 Å². The predicted molar refractivity (Wildman–Crippen MR) is 111 cm³/mol. The number of hydrogen-bond donors (Lipinski definition) is 2. The number of carbonyl (C=O) groups is 1. The van der Waals surface area contributed by atoms with E-state index < -0.39 is 10.0 Å². The van der Waals surface area contributed by atoms with Crippen molar-refractivity contribution >= 4 is 38.3 Å². The van der Waals surface area contributed by atoms with Gasteiger partial charge in [0.15, 0.2) is 0 Å². The number of rotatable bonds is 4. The Labute approximate surface area is 167 Å². The quantitative estimate of drug-likeness (QED) is 0.528. The van der Waals surface area contributed by atoms with Crippen LogP contribution in [-0.2, 0) is 21.2 Å². The first kappa shape index (κ1) is 17.5. The van der Waals surface area contributed by atoms with E-state index >= 15 is 0 Å². The number of carbonyl (C=O) groups excluding carboxylic acids is 1. The average Bonchev–Trinajstić information content (AvgIpc) is 3.30. The molecule has 29 heavy (non-hydrogen) atoms. The molecule has 0 unspecified atom stereocenters. The fourth-order valence-electron chi connectivity index (χ4n) is 3.41. The van der Waals surface area contributed by atoms with Crippen LogP contribution < -0.4 is 10.0 Å². The summed E-state index contributed by atoms with van der Waals surface area (Å²) in [6.07, 6.45) is 0.185. The molecule has 2 heterocycles. The normalized spacial score (nSPS) is 13.3. The van der Waals surface area contributed by atoms with Crippen molar-refractivity contribution in [2.75, 3.05) is 10.0 Å². The van der Waals surface area contributed by atoms with Gasteiger partial charge in [-0.3, -0.25) is 9.52 Å². The molecule has 0 spiro atoms. The Morgan fingerprint density at radius 1 is 0.931 bits per heavy atom. The summed E-state index contributed by atoms with van der Waals surface area (Å²) < 4.78 is 33.9. The first-order chi connectivity index (χ1) is 14.0. The number of amides is 1. The summed E-state index contributed by atoms with van der Waals surface area (Å²) >= 11 is 0. The lowest BCUT2D eigenvalue weighted by molar-refractivity contribution is -0.115. The molecule has 1 aliphatic heterocycles. The molecule has 3 aromatic carbocycles. The van der Waals surface area contributed by atoms with Crippen LogP contribution in [0.15, 0.2) is 82.1 Å². The van der Waals surface area contributed by atoms with E-state index in [4.69, 9.17) is 4.42 Å². The highest BCUT2D eigenvalue weighted by Gasteiger charge is 2.22. The standard InChI is InChI=1S/C22H16N2O4S/c25-22-13-16-11-18(9-10-19(16)23-22)29(26,27)24-17-7-5-14(6-8-17)21-12-15-3-1-2-4-20(15)28-21/h1-12,24H,13H2,(H,23,25). The summed E-state index contributed by atoms with van der Waals surface area (Å²) in [6, 6.07) is 21.3. The molecular weight excluding hydrogens is 388 g/mol. The van der Waals surface area contributed by atoms with Gasteiger partial charge in [0, 0.05) is 22.3 Å². The molecule has 0 bridgehead atoms. The zero-order chi connectivity index (χ0) is 20.0. The molecule has 0 fully saturated rings. The van der Waals surface area contributed by atoms with E-state index in [1.807, 2.05) is 30.3 Å². The first-order valence-electron chi connectivity index (χ1n) is 9.03. The molecule has 0 radical (unpaired) electrons. The predicted octanol–water partition coefficient (Wildman–Crippen LogP) is 4.40.